The number of likely N-dealkylation sites (N-methyl/N-ethyl adjacent to an activating group) is 1. The molecule has 25 heavy (non-hydrogen) atoms. The van der Waals surface area contributed by atoms with Gasteiger partial charge in [-0.25, -0.2) is 0 Å². The summed E-state index contributed by atoms with van der Waals surface area (Å²) in [6.45, 7) is 0.363. The minimum Gasteiger partial charge on any atom is -0.347 e. The van der Waals surface area contributed by atoms with Crippen LogP contribution in [-0.2, 0) is 14.4 Å². The summed E-state index contributed by atoms with van der Waals surface area (Å²) in [5, 5.41) is 4.93. The van der Waals surface area contributed by atoms with Gasteiger partial charge in [0.25, 0.3) is 5.91 Å². The predicted octanol–water partition coefficient (Wildman–Crippen LogP) is -0.252. The molecule has 0 saturated carbocycles. The van der Waals surface area contributed by atoms with Crippen molar-refractivity contribution in [2.24, 2.45) is 0 Å². The third-order valence-corrected chi connectivity index (χ3v) is 3.86. The van der Waals surface area contributed by atoms with Crippen LogP contribution < -0.4 is 15.5 Å². The molecule has 0 aliphatic carbocycles. The van der Waals surface area contributed by atoms with Gasteiger partial charge in [0.1, 0.15) is 0 Å². The summed E-state index contributed by atoms with van der Waals surface area (Å²) >= 11 is 0. The number of hydrogen-bond donors (Lipinski definition) is 2. The Balaban J connectivity index is 1.81. The Morgan fingerprint density at radius 3 is 2.32 bits per heavy atom. The van der Waals surface area contributed by atoms with Crippen LogP contribution in [0.5, 0.6) is 0 Å². The van der Waals surface area contributed by atoms with Crippen LogP contribution in [0.3, 0.4) is 0 Å². The molecule has 0 atom stereocenters. The third-order valence-electron chi connectivity index (χ3n) is 3.86. The second-order valence-electron chi connectivity index (χ2n) is 5.94. The maximum Gasteiger partial charge on any atom is 0.251 e. The molecule has 134 valence electrons. The van der Waals surface area contributed by atoms with E-state index in [1.165, 1.54) is 4.90 Å². The van der Waals surface area contributed by atoms with E-state index in [0.717, 1.165) is 12.1 Å². The predicted molar refractivity (Wildman–Crippen MR) is 92.1 cm³/mol. The van der Waals surface area contributed by atoms with E-state index in [1.54, 1.807) is 43.3 Å². The Kier molecular flexibility index (Phi) is 6.10. The molecule has 2 N–H and O–H groups in total. The molecular formula is C17H22N4O4. The van der Waals surface area contributed by atoms with Gasteiger partial charge >= 0.3 is 0 Å². The minimum absolute atomic E-state index is 0.0844. The van der Waals surface area contributed by atoms with E-state index >= 15 is 0 Å². The topological polar surface area (TPSA) is 98.8 Å². The van der Waals surface area contributed by atoms with Crippen molar-refractivity contribution in [2.45, 2.75) is 12.8 Å². The van der Waals surface area contributed by atoms with E-state index in [9.17, 15) is 19.2 Å². The molecular weight excluding hydrogens is 324 g/mol. The summed E-state index contributed by atoms with van der Waals surface area (Å²) in [6, 6.07) is 6.66. The highest BCUT2D eigenvalue weighted by Crippen LogP contribution is 2.21. The molecule has 1 fully saturated rings. The van der Waals surface area contributed by atoms with E-state index in [4.69, 9.17) is 0 Å². The van der Waals surface area contributed by atoms with Crippen LogP contribution in [0.25, 0.3) is 0 Å². The Hall–Kier alpha value is -2.90. The van der Waals surface area contributed by atoms with Crippen molar-refractivity contribution in [2.75, 3.05) is 38.6 Å². The standard InChI is InChI=1S/C17H22N4O4/c1-20(2)16(24)11-18-14(22)10-19-17(25)12-5-7-13(8-6-12)21-9-3-4-15(21)23/h5-8H,3-4,9-11H2,1-2H3,(H,18,22)(H,19,25). The zero-order chi connectivity index (χ0) is 18.4. The Morgan fingerprint density at radius 2 is 1.76 bits per heavy atom. The molecule has 1 heterocycles. The summed E-state index contributed by atoms with van der Waals surface area (Å²) in [5.41, 5.74) is 1.16. The number of carbonyl (C=O) groups excluding carboxylic acids is 4. The van der Waals surface area contributed by atoms with Gasteiger partial charge in [-0.1, -0.05) is 0 Å². The first-order valence-corrected chi connectivity index (χ1v) is 8.04. The summed E-state index contributed by atoms with van der Waals surface area (Å²) < 4.78 is 0. The molecule has 2 rings (SSSR count). The zero-order valence-electron chi connectivity index (χ0n) is 14.4. The van der Waals surface area contributed by atoms with Gasteiger partial charge in [-0.2, -0.15) is 0 Å². The summed E-state index contributed by atoms with van der Waals surface area (Å²) in [6.07, 6.45) is 1.39. The second-order valence-corrected chi connectivity index (χ2v) is 5.94. The van der Waals surface area contributed by atoms with Gasteiger partial charge in [-0.05, 0) is 30.7 Å². The lowest BCUT2D eigenvalue weighted by atomic mass is 10.2. The number of nitrogens with zero attached hydrogens (tertiary/aromatic N) is 2. The number of anilines is 1. The molecule has 1 aliphatic heterocycles. The summed E-state index contributed by atoms with van der Waals surface area (Å²) in [7, 11) is 3.19. The highest BCUT2D eigenvalue weighted by atomic mass is 16.2. The van der Waals surface area contributed by atoms with Gasteiger partial charge in [-0.15, -0.1) is 0 Å². The van der Waals surface area contributed by atoms with E-state index in [2.05, 4.69) is 10.6 Å². The molecule has 0 radical (unpaired) electrons. The average molecular weight is 346 g/mol. The molecule has 0 aromatic heterocycles. The van der Waals surface area contributed by atoms with Gasteiger partial charge < -0.3 is 20.4 Å². The summed E-state index contributed by atoms with van der Waals surface area (Å²) in [4.78, 5) is 49.8. The lowest BCUT2D eigenvalue weighted by Crippen LogP contribution is -2.41. The van der Waals surface area contributed by atoms with Crippen molar-refractivity contribution in [1.82, 2.24) is 15.5 Å². The maximum absolute atomic E-state index is 12.0. The van der Waals surface area contributed by atoms with Crippen LogP contribution in [0.2, 0.25) is 0 Å². The fourth-order valence-electron chi connectivity index (χ4n) is 2.37. The van der Waals surface area contributed by atoms with Crippen LogP contribution in [0, 0.1) is 0 Å². The number of benzene rings is 1. The van der Waals surface area contributed by atoms with Crippen LogP contribution in [-0.4, -0.2) is 62.3 Å². The Labute approximate surface area is 146 Å². The van der Waals surface area contributed by atoms with E-state index in [-0.39, 0.29) is 24.9 Å². The van der Waals surface area contributed by atoms with Crippen molar-refractivity contribution >= 4 is 29.3 Å². The monoisotopic (exact) mass is 346 g/mol. The Morgan fingerprint density at radius 1 is 1.08 bits per heavy atom. The quantitative estimate of drug-likeness (QED) is 0.742. The highest BCUT2D eigenvalue weighted by Gasteiger charge is 2.21. The van der Waals surface area contributed by atoms with E-state index < -0.39 is 11.8 Å². The van der Waals surface area contributed by atoms with Gasteiger partial charge in [0.2, 0.25) is 17.7 Å². The third kappa shape index (κ3) is 5.03. The minimum atomic E-state index is -0.442. The fraction of sp³-hybridized carbons (Fsp3) is 0.412. The van der Waals surface area contributed by atoms with Crippen molar-refractivity contribution in [3.63, 3.8) is 0 Å². The van der Waals surface area contributed by atoms with Gasteiger partial charge in [-0.3, -0.25) is 19.2 Å². The number of rotatable bonds is 6. The molecule has 8 nitrogen and oxygen atoms in total. The molecule has 1 saturated heterocycles. The molecule has 0 spiro atoms. The first kappa shape index (κ1) is 18.4. The fourth-order valence-corrected chi connectivity index (χ4v) is 2.37. The first-order chi connectivity index (χ1) is 11.9. The number of nitrogens with one attached hydrogen (secondary N) is 2. The zero-order valence-corrected chi connectivity index (χ0v) is 14.4. The lowest BCUT2D eigenvalue weighted by Gasteiger charge is -2.15. The average Bonchev–Trinajstić information content (AvgIpc) is 3.03. The van der Waals surface area contributed by atoms with Crippen LogP contribution in [0.4, 0.5) is 5.69 Å². The molecule has 1 aliphatic rings. The molecule has 8 heteroatoms. The van der Waals surface area contributed by atoms with Crippen molar-refractivity contribution in [3.05, 3.63) is 29.8 Å². The lowest BCUT2D eigenvalue weighted by molar-refractivity contribution is -0.130. The van der Waals surface area contributed by atoms with Gasteiger partial charge in [0.05, 0.1) is 13.1 Å². The van der Waals surface area contributed by atoms with Crippen LogP contribution in [0.15, 0.2) is 24.3 Å². The van der Waals surface area contributed by atoms with Crippen molar-refractivity contribution in [1.29, 1.82) is 0 Å². The number of hydrogen-bond acceptors (Lipinski definition) is 4. The molecule has 0 unspecified atom stereocenters. The molecule has 4 amide bonds. The maximum atomic E-state index is 12.0. The van der Waals surface area contributed by atoms with Crippen molar-refractivity contribution in [3.8, 4) is 0 Å². The molecule has 1 aromatic rings. The number of carbonyl (C=O) groups is 4. The number of amides is 4. The van der Waals surface area contributed by atoms with E-state index in [0.29, 0.717) is 18.5 Å². The normalized spacial score (nSPS) is 13.5. The van der Waals surface area contributed by atoms with Gasteiger partial charge in [0.15, 0.2) is 0 Å². The largest absolute Gasteiger partial charge is 0.347 e. The van der Waals surface area contributed by atoms with Gasteiger partial charge in [0, 0.05) is 38.3 Å². The molecule has 1 aromatic carbocycles. The second kappa shape index (κ2) is 8.27. The smallest absolute Gasteiger partial charge is 0.251 e. The highest BCUT2D eigenvalue weighted by molar-refractivity contribution is 5.98. The van der Waals surface area contributed by atoms with E-state index in [1.807, 2.05) is 0 Å². The SMILES string of the molecule is CN(C)C(=O)CNC(=O)CNC(=O)c1ccc(N2CCCC2=O)cc1. The van der Waals surface area contributed by atoms with Crippen molar-refractivity contribution < 1.29 is 19.2 Å². The first-order valence-electron chi connectivity index (χ1n) is 8.04. The molecule has 0 bridgehead atoms. The Bertz CT molecular complexity index is 670. The summed E-state index contributed by atoms with van der Waals surface area (Å²) in [5.74, 6) is -0.982. The van der Waals surface area contributed by atoms with Crippen LogP contribution >= 0.6 is 0 Å². The van der Waals surface area contributed by atoms with Crippen LogP contribution in [0.1, 0.15) is 23.2 Å².